The predicted octanol–water partition coefficient (Wildman–Crippen LogP) is 5.75. The van der Waals surface area contributed by atoms with Crippen LogP contribution in [0.25, 0.3) is 10.4 Å². The highest BCUT2D eigenvalue weighted by molar-refractivity contribution is 4.79. The first-order valence-electron chi connectivity index (χ1n) is 10.0. The molecule has 0 aliphatic rings. The third-order valence-corrected chi connectivity index (χ3v) is 4.88. The van der Waals surface area contributed by atoms with Gasteiger partial charge in [-0.15, -0.1) is 0 Å². The fourth-order valence-electron chi connectivity index (χ4n) is 3.14. The highest BCUT2D eigenvalue weighted by Gasteiger charge is 2.22. The number of aliphatic hydroxyl groups excluding tert-OH is 2. The molecule has 24 heavy (non-hydrogen) atoms. The lowest BCUT2D eigenvalue weighted by Crippen LogP contribution is -2.33. The van der Waals surface area contributed by atoms with Crippen LogP contribution in [0.15, 0.2) is 5.11 Å². The lowest BCUT2D eigenvalue weighted by atomic mass is 9.93. The summed E-state index contributed by atoms with van der Waals surface area (Å²) in [5.74, 6) is 0.0516. The standard InChI is InChI=1S/C19H39N3O2/c1-3-4-5-6-7-8-9-10-11-12-13-14-15-17(2)19(24)18(16-23)21-22-20/h17-19,23-24H,3-16H2,1-2H3/t17-,18+,19-/m1/s1. The van der Waals surface area contributed by atoms with Gasteiger partial charge in [0, 0.05) is 4.91 Å². The van der Waals surface area contributed by atoms with E-state index in [1.165, 1.54) is 70.6 Å². The maximum Gasteiger partial charge on any atom is 0.0866 e. The van der Waals surface area contributed by atoms with Crippen molar-refractivity contribution in [3.8, 4) is 0 Å². The van der Waals surface area contributed by atoms with E-state index in [1.54, 1.807) is 0 Å². The van der Waals surface area contributed by atoms with E-state index in [-0.39, 0.29) is 12.5 Å². The number of hydrogen-bond acceptors (Lipinski definition) is 3. The molecule has 0 aliphatic carbocycles. The average Bonchev–Trinajstić information content (AvgIpc) is 2.59. The van der Waals surface area contributed by atoms with E-state index in [4.69, 9.17) is 10.6 Å². The molecule has 5 heteroatoms. The van der Waals surface area contributed by atoms with Crippen LogP contribution in [0.3, 0.4) is 0 Å². The third-order valence-electron chi connectivity index (χ3n) is 4.88. The van der Waals surface area contributed by atoms with Crippen molar-refractivity contribution in [1.29, 1.82) is 0 Å². The molecule has 142 valence electrons. The second-order valence-electron chi connectivity index (χ2n) is 7.10. The molecule has 3 atom stereocenters. The van der Waals surface area contributed by atoms with Crippen LogP contribution < -0.4 is 0 Å². The molecule has 0 saturated heterocycles. The van der Waals surface area contributed by atoms with Gasteiger partial charge in [0.05, 0.1) is 18.8 Å². The van der Waals surface area contributed by atoms with Crippen LogP contribution in [0, 0.1) is 5.92 Å². The molecule has 0 rings (SSSR count). The molecule has 5 nitrogen and oxygen atoms in total. The van der Waals surface area contributed by atoms with E-state index in [9.17, 15) is 5.11 Å². The minimum absolute atomic E-state index is 0.0516. The maximum atomic E-state index is 10.1. The van der Waals surface area contributed by atoms with Crippen LogP contribution in [-0.4, -0.2) is 29.0 Å². The van der Waals surface area contributed by atoms with Crippen LogP contribution in [0.1, 0.15) is 97.3 Å². The minimum Gasteiger partial charge on any atom is -0.396 e. The first kappa shape index (κ1) is 23.2. The Hall–Kier alpha value is -0.770. The molecule has 0 aromatic carbocycles. The van der Waals surface area contributed by atoms with E-state index < -0.39 is 12.1 Å². The van der Waals surface area contributed by atoms with Crippen molar-refractivity contribution < 1.29 is 10.2 Å². The quantitative estimate of drug-likeness (QED) is 0.153. The fourth-order valence-corrected chi connectivity index (χ4v) is 3.14. The summed E-state index contributed by atoms with van der Waals surface area (Å²) in [4.78, 5) is 2.68. The maximum absolute atomic E-state index is 10.1. The van der Waals surface area contributed by atoms with E-state index in [0.29, 0.717) is 0 Å². The molecule has 0 amide bonds. The minimum atomic E-state index is -0.751. The van der Waals surface area contributed by atoms with Gasteiger partial charge in [-0.1, -0.05) is 96.0 Å². The number of rotatable bonds is 17. The van der Waals surface area contributed by atoms with Crippen molar-refractivity contribution in [3.63, 3.8) is 0 Å². The summed E-state index contributed by atoms with van der Waals surface area (Å²) in [5, 5.41) is 22.6. The largest absolute Gasteiger partial charge is 0.396 e. The van der Waals surface area contributed by atoms with Crippen LogP contribution in [0.2, 0.25) is 0 Å². The molecule has 0 unspecified atom stereocenters. The topological polar surface area (TPSA) is 89.2 Å². The van der Waals surface area contributed by atoms with E-state index in [1.807, 2.05) is 6.92 Å². The van der Waals surface area contributed by atoms with Gasteiger partial charge in [0.25, 0.3) is 0 Å². The van der Waals surface area contributed by atoms with E-state index in [0.717, 1.165) is 12.8 Å². The second kappa shape index (κ2) is 17.1. The second-order valence-corrected chi connectivity index (χ2v) is 7.10. The molecule has 0 spiro atoms. The molecule has 0 saturated carbocycles. The highest BCUT2D eigenvalue weighted by Crippen LogP contribution is 2.19. The fraction of sp³-hybridized carbons (Fsp3) is 1.00. The summed E-state index contributed by atoms with van der Waals surface area (Å²) in [6, 6.07) is -0.720. The molecule has 0 aliphatic heterocycles. The summed E-state index contributed by atoms with van der Waals surface area (Å²) in [6.07, 6.45) is 16.0. The summed E-state index contributed by atoms with van der Waals surface area (Å²) in [7, 11) is 0. The lowest BCUT2D eigenvalue weighted by molar-refractivity contribution is 0.0611. The normalized spacial score (nSPS) is 14.8. The van der Waals surface area contributed by atoms with Gasteiger partial charge in [0.1, 0.15) is 0 Å². The molecule has 0 radical (unpaired) electrons. The Labute approximate surface area is 148 Å². The van der Waals surface area contributed by atoms with Gasteiger partial charge in [-0.05, 0) is 17.9 Å². The van der Waals surface area contributed by atoms with Crippen LogP contribution in [-0.2, 0) is 0 Å². The van der Waals surface area contributed by atoms with Crippen LogP contribution in [0.4, 0.5) is 0 Å². The monoisotopic (exact) mass is 341 g/mol. The van der Waals surface area contributed by atoms with Crippen LogP contribution >= 0.6 is 0 Å². The number of unbranched alkanes of at least 4 members (excludes halogenated alkanes) is 11. The summed E-state index contributed by atoms with van der Waals surface area (Å²) >= 11 is 0. The Morgan fingerprint density at radius 3 is 1.75 bits per heavy atom. The van der Waals surface area contributed by atoms with E-state index >= 15 is 0 Å². The van der Waals surface area contributed by atoms with Gasteiger partial charge in [-0.25, -0.2) is 0 Å². The Kier molecular flexibility index (Phi) is 16.5. The molecule has 2 N–H and O–H groups in total. The lowest BCUT2D eigenvalue weighted by Gasteiger charge is -2.22. The predicted molar refractivity (Wildman–Crippen MR) is 101 cm³/mol. The van der Waals surface area contributed by atoms with Gasteiger partial charge in [0.2, 0.25) is 0 Å². The first-order chi connectivity index (χ1) is 11.7. The summed E-state index contributed by atoms with van der Waals surface area (Å²) in [5.41, 5.74) is 8.42. The SMILES string of the molecule is CCCCCCCCCCCCCC[C@@H](C)[C@@H](O)[C@H](CO)N=[N+]=[N-]. The molecular weight excluding hydrogens is 302 g/mol. The number of azide groups is 1. The zero-order valence-corrected chi connectivity index (χ0v) is 15.9. The molecule has 0 aromatic rings. The smallest absolute Gasteiger partial charge is 0.0866 e. The highest BCUT2D eigenvalue weighted by atomic mass is 16.3. The Balaban J connectivity index is 3.47. The first-order valence-corrected chi connectivity index (χ1v) is 10.0. The Morgan fingerprint density at radius 1 is 0.875 bits per heavy atom. The van der Waals surface area contributed by atoms with Crippen LogP contribution in [0.5, 0.6) is 0 Å². The zero-order chi connectivity index (χ0) is 18.0. The summed E-state index contributed by atoms with van der Waals surface area (Å²) < 4.78 is 0. The molecule has 0 aromatic heterocycles. The van der Waals surface area contributed by atoms with Gasteiger partial charge in [-0.2, -0.15) is 0 Å². The van der Waals surface area contributed by atoms with Gasteiger partial charge < -0.3 is 10.2 Å². The number of nitrogens with zero attached hydrogens (tertiary/aromatic N) is 3. The number of aliphatic hydroxyl groups is 2. The summed E-state index contributed by atoms with van der Waals surface area (Å²) in [6.45, 7) is 3.92. The Bertz CT molecular complexity index is 320. The van der Waals surface area contributed by atoms with Gasteiger partial charge >= 0.3 is 0 Å². The van der Waals surface area contributed by atoms with Crippen molar-refractivity contribution in [2.24, 2.45) is 11.0 Å². The van der Waals surface area contributed by atoms with Crippen molar-refractivity contribution in [1.82, 2.24) is 0 Å². The van der Waals surface area contributed by atoms with E-state index in [2.05, 4.69) is 16.9 Å². The van der Waals surface area contributed by atoms with Crippen molar-refractivity contribution in [2.45, 2.75) is 109 Å². The molecule has 0 heterocycles. The zero-order valence-electron chi connectivity index (χ0n) is 15.9. The van der Waals surface area contributed by atoms with Crippen molar-refractivity contribution in [3.05, 3.63) is 10.4 Å². The Morgan fingerprint density at radius 2 is 1.33 bits per heavy atom. The molecular formula is C19H39N3O2. The van der Waals surface area contributed by atoms with Crippen molar-refractivity contribution >= 4 is 0 Å². The molecule has 0 bridgehead atoms. The van der Waals surface area contributed by atoms with Crippen molar-refractivity contribution in [2.75, 3.05) is 6.61 Å². The third kappa shape index (κ3) is 12.6. The van der Waals surface area contributed by atoms with Gasteiger partial charge in [-0.3, -0.25) is 0 Å². The van der Waals surface area contributed by atoms with Gasteiger partial charge in [0.15, 0.2) is 0 Å². The number of hydrogen-bond donors (Lipinski definition) is 2. The average molecular weight is 342 g/mol. The molecule has 0 fully saturated rings.